The van der Waals surface area contributed by atoms with Crippen LogP contribution in [0.1, 0.15) is 0 Å². The minimum Gasteiger partial charge on any atom is -0.480 e. The van der Waals surface area contributed by atoms with Gasteiger partial charge in [-0.3, -0.25) is 38.7 Å². The Morgan fingerprint density at radius 1 is 0.567 bits per heavy atom. The molecule has 14 heteroatoms. The van der Waals surface area contributed by atoms with Crippen molar-refractivity contribution >= 4 is 29.7 Å². The van der Waals surface area contributed by atoms with Crippen molar-refractivity contribution in [3.63, 3.8) is 0 Å². The molecule has 0 rings (SSSR count). The number of carboxylic acid groups (broad SMARTS) is 3. The zero-order valence-electron chi connectivity index (χ0n) is 17.0. The molecule has 0 bridgehead atoms. The Hall–Kier alpha value is -2.25. The number of rotatable bonds is 16. The minimum atomic E-state index is -1.13. The molecule has 0 saturated carbocycles. The van der Waals surface area contributed by atoms with E-state index in [0.29, 0.717) is 0 Å². The van der Waals surface area contributed by atoms with Gasteiger partial charge in [0.05, 0.1) is 32.7 Å². The van der Waals surface area contributed by atoms with Crippen LogP contribution in [0.4, 0.5) is 0 Å². The molecule has 0 aromatic carbocycles. The van der Waals surface area contributed by atoms with Crippen molar-refractivity contribution in [3.8, 4) is 0 Å². The Kier molecular flexibility index (Phi) is 16.5. The molecule has 0 aromatic rings. The van der Waals surface area contributed by atoms with Crippen molar-refractivity contribution in [1.82, 2.24) is 25.3 Å². The molecule has 2 amide bonds. The Morgan fingerprint density at radius 3 is 1.10 bits per heavy atom. The second-order valence-corrected chi connectivity index (χ2v) is 6.23. The number of amides is 2. The molecular formula is C16H29MnN5O8+2. The molecule has 5 N–H and O–H groups in total. The van der Waals surface area contributed by atoms with E-state index in [2.05, 4.69) is 10.6 Å². The summed E-state index contributed by atoms with van der Waals surface area (Å²) in [5.41, 5.74) is 0. The molecule has 0 saturated heterocycles. The van der Waals surface area contributed by atoms with E-state index < -0.39 is 31.0 Å². The van der Waals surface area contributed by atoms with Crippen molar-refractivity contribution in [2.45, 2.75) is 0 Å². The number of carbonyl (C=O) groups is 5. The number of hydrogen-bond donors (Lipinski definition) is 5. The van der Waals surface area contributed by atoms with Crippen molar-refractivity contribution in [2.24, 2.45) is 0 Å². The zero-order chi connectivity index (χ0) is 22.4. The summed E-state index contributed by atoms with van der Waals surface area (Å²) in [4.78, 5) is 60.3. The van der Waals surface area contributed by atoms with E-state index in [1.165, 1.54) is 28.8 Å². The van der Waals surface area contributed by atoms with E-state index in [-0.39, 0.29) is 74.7 Å². The fraction of sp³-hybridized carbons (Fsp3) is 0.688. The molecular weight excluding hydrogens is 445 g/mol. The molecule has 171 valence electrons. The minimum absolute atomic E-state index is 0. The molecule has 13 nitrogen and oxygen atoms in total. The van der Waals surface area contributed by atoms with Crippen LogP contribution in [-0.2, 0) is 41.0 Å². The van der Waals surface area contributed by atoms with Crippen LogP contribution in [0.25, 0.3) is 0 Å². The van der Waals surface area contributed by atoms with Gasteiger partial charge in [-0.25, -0.2) is 0 Å². The van der Waals surface area contributed by atoms with Gasteiger partial charge in [0, 0.05) is 40.3 Å². The predicted molar refractivity (Wildman–Crippen MR) is 100 cm³/mol. The van der Waals surface area contributed by atoms with Gasteiger partial charge in [0.2, 0.25) is 11.8 Å². The largest absolute Gasteiger partial charge is 2.00 e. The van der Waals surface area contributed by atoms with Crippen molar-refractivity contribution < 1.29 is 56.4 Å². The third-order valence-electron chi connectivity index (χ3n) is 3.83. The molecule has 0 heterocycles. The van der Waals surface area contributed by atoms with Gasteiger partial charge < -0.3 is 26.0 Å². The van der Waals surface area contributed by atoms with Crippen LogP contribution in [0, 0.1) is 0 Å². The summed E-state index contributed by atoms with van der Waals surface area (Å²) in [7, 11) is 2.84. The summed E-state index contributed by atoms with van der Waals surface area (Å²) in [6, 6.07) is 0. The van der Waals surface area contributed by atoms with Crippen LogP contribution >= 0.6 is 0 Å². The first-order chi connectivity index (χ1) is 13.6. The van der Waals surface area contributed by atoms with E-state index in [1.54, 1.807) is 0 Å². The quantitative estimate of drug-likeness (QED) is 0.141. The number of nitrogens with one attached hydrogen (secondary N) is 2. The van der Waals surface area contributed by atoms with Crippen LogP contribution in [0.5, 0.6) is 0 Å². The standard InChI is InChI=1S/C16H29N5O8.Mn/c1-17-12(22)7-20(10-15(26)27)5-3-19(9-14(24)25)4-6-21(11-16(28)29)8-13(23)18-2;/h3-11H2,1-2H3,(H,17,22)(H,18,23)(H,24,25)(H,26,27)(H,28,29);/q;+2. The fourth-order valence-electron chi connectivity index (χ4n) is 2.40. The van der Waals surface area contributed by atoms with Gasteiger partial charge >= 0.3 is 35.0 Å². The Labute approximate surface area is 184 Å². The number of carbonyl (C=O) groups excluding carboxylic acids is 2. The molecule has 0 unspecified atom stereocenters. The average molecular weight is 474 g/mol. The van der Waals surface area contributed by atoms with Crippen LogP contribution in [0.15, 0.2) is 0 Å². The van der Waals surface area contributed by atoms with Crippen LogP contribution < -0.4 is 10.6 Å². The zero-order valence-corrected chi connectivity index (χ0v) is 18.1. The summed E-state index contributed by atoms with van der Waals surface area (Å²) in [5.74, 6) is -4.13. The fourth-order valence-corrected chi connectivity index (χ4v) is 2.40. The summed E-state index contributed by atoms with van der Waals surface area (Å²) in [6.07, 6.45) is 0. The summed E-state index contributed by atoms with van der Waals surface area (Å²) < 4.78 is 0. The van der Waals surface area contributed by atoms with E-state index >= 15 is 0 Å². The molecule has 0 atom stereocenters. The van der Waals surface area contributed by atoms with Crippen LogP contribution in [0.3, 0.4) is 0 Å². The first kappa shape index (κ1) is 29.9. The van der Waals surface area contributed by atoms with Gasteiger partial charge in [-0.2, -0.15) is 0 Å². The number of hydrogen-bond acceptors (Lipinski definition) is 8. The topological polar surface area (TPSA) is 180 Å². The predicted octanol–water partition coefficient (Wildman–Crippen LogP) is -3.36. The van der Waals surface area contributed by atoms with Crippen molar-refractivity contribution in [3.05, 3.63) is 0 Å². The second kappa shape index (κ2) is 16.5. The maximum absolute atomic E-state index is 11.5. The van der Waals surface area contributed by atoms with E-state index in [0.717, 1.165) is 0 Å². The number of aliphatic carboxylic acids is 3. The molecule has 0 fully saturated rings. The molecule has 0 aliphatic rings. The molecule has 0 spiro atoms. The third kappa shape index (κ3) is 15.6. The normalized spacial score (nSPS) is 10.6. The van der Waals surface area contributed by atoms with Gasteiger partial charge in [-0.15, -0.1) is 0 Å². The number of likely N-dealkylation sites (N-methyl/N-ethyl adjacent to an activating group) is 2. The molecule has 0 aliphatic heterocycles. The van der Waals surface area contributed by atoms with E-state index in [9.17, 15) is 24.0 Å². The van der Waals surface area contributed by atoms with Crippen LogP contribution in [-0.4, -0.2) is 133 Å². The maximum atomic E-state index is 11.5. The molecule has 1 radical (unpaired) electrons. The monoisotopic (exact) mass is 474 g/mol. The summed E-state index contributed by atoms with van der Waals surface area (Å²) in [6.45, 7) is -0.969. The molecule has 0 aromatic heterocycles. The van der Waals surface area contributed by atoms with Gasteiger partial charge in [0.1, 0.15) is 0 Å². The van der Waals surface area contributed by atoms with Crippen molar-refractivity contribution in [2.75, 3.05) is 73.0 Å². The average Bonchev–Trinajstić information content (AvgIpc) is 2.61. The Morgan fingerprint density at radius 2 is 0.833 bits per heavy atom. The number of carboxylic acids is 3. The number of nitrogens with zero attached hydrogens (tertiary/aromatic N) is 3. The summed E-state index contributed by atoms with van der Waals surface area (Å²) in [5, 5.41) is 31.8. The van der Waals surface area contributed by atoms with Gasteiger partial charge in [-0.1, -0.05) is 0 Å². The third-order valence-corrected chi connectivity index (χ3v) is 3.83. The smallest absolute Gasteiger partial charge is 0.480 e. The van der Waals surface area contributed by atoms with Gasteiger partial charge in [0.15, 0.2) is 0 Å². The Bertz CT molecular complexity index is 550. The van der Waals surface area contributed by atoms with E-state index in [4.69, 9.17) is 15.3 Å². The first-order valence-corrected chi connectivity index (χ1v) is 8.81. The van der Waals surface area contributed by atoms with Crippen LogP contribution in [0.2, 0.25) is 0 Å². The van der Waals surface area contributed by atoms with Gasteiger partial charge in [0.25, 0.3) is 0 Å². The van der Waals surface area contributed by atoms with E-state index in [1.807, 2.05) is 0 Å². The SMILES string of the molecule is CNC(=O)CN(CCN(CCN(CC(=O)O)CC(=O)NC)CC(=O)O)CC(=O)O.[Mn+2]. The Balaban J connectivity index is 0. The summed E-state index contributed by atoms with van der Waals surface area (Å²) >= 11 is 0. The van der Waals surface area contributed by atoms with Crippen molar-refractivity contribution in [1.29, 1.82) is 0 Å². The maximum Gasteiger partial charge on any atom is 2.00 e. The first-order valence-electron chi connectivity index (χ1n) is 8.81. The van der Waals surface area contributed by atoms with Gasteiger partial charge in [-0.05, 0) is 0 Å². The molecule has 0 aliphatic carbocycles. The second-order valence-electron chi connectivity index (χ2n) is 6.23. The molecule has 30 heavy (non-hydrogen) atoms.